The minimum Gasteiger partial charge on any atom is -0.399 e. The lowest BCUT2D eigenvalue weighted by Crippen LogP contribution is -2.10. The van der Waals surface area contributed by atoms with Gasteiger partial charge < -0.3 is 27.8 Å². The lowest BCUT2D eigenvalue weighted by molar-refractivity contribution is 1.13. The van der Waals surface area contributed by atoms with Crippen LogP contribution >= 0.6 is 15.9 Å². The molecule has 8 N–H and O–H groups in total. The third kappa shape index (κ3) is 5.79. The van der Waals surface area contributed by atoms with Crippen molar-refractivity contribution in [3.05, 3.63) is 90.5 Å². The normalized spacial score (nSPS) is 10.3. The van der Waals surface area contributed by atoms with Crippen molar-refractivity contribution in [1.29, 1.82) is 0 Å². The molecule has 0 aliphatic carbocycles. The van der Waals surface area contributed by atoms with Crippen molar-refractivity contribution < 1.29 is 0 Å². The highest BCUT2D eigenvalue weighted by Gasteiger charge is 2.09. The minimum absolute atomic E-state index is 0.725. The van der Waals surface area contributed by atoms with Gasteiger partial charge in [0.05, 0.1) is 0 Å². The van der Waals surface area contributed by atoms with Crippen LogP contribution in [-0.4, -0.2) is 14.1 Å². The lowest BCUT2D eigenvalue weighted by Gasteiger charge is -2.18. The molecule has 0 heterocycles. The van der Waals surface area contributed by atoms with Gasteiger partial charge in [0.2, 0.25) is 0 Å². The maximum Gasteiger partial charge on any atom is 0.0441 e. The molecule has 4 aromatic carbocycles. The number of rotatable bonds is 4. The van der Waals surface area contributed by atoms with Gasteiger partial charge >= 0.3 is 0 Å². The first-order chi connectivity index (χ1) is 15.8. The molecule has 5 nitrogen and oxygen atoms in total. The second-order valence-electron chi connectivity index (χ2n) is 7.90. The smallest absolute Gasteiger partial charge is 0.0441 e. The Bertz CT molecular complexity index is 1240. The zero-order valence-electron chi connectivity index (χ0n) is 18.9. The molecule has 0 amide bonds. The number of anilines is 5. The first kappa shape index (κ1) is 24.0. The van der Waals surface area contributed by atoms with Gasteiger partial charge in [-0.2, -0.15) is 0 Å². The van der Waals surface area contributed by atoms with E-state index in [1.165, 1.54) is 5.56 Å². The summed E-state index contributed by atoms with van der Waals surface area (Å²) in [5, 5.41) is 0.803. The molecule has 6 heteroatoms. The largest absolute Gasteiger partial charge is 0.399 e. The molecule has 0 atom stereocenters. The fourth-order valence-corrected chi connectivity index (χ4v) is 4.09. The number of nitrogens with two attached hydrogens (primary N) is 4. The van der Waals surface area contributed by atoms with E-state index >= 15 is 0 Å². The Labute approximate surface area is 204 Å². The van der Waals surface area contributed by atoms with Crippen LogP contribution in [0.4, 0.5) is 28.4 Å². The molecule has 0 radical (unpaired) electrons. The van der Waals surface area contributed by atoms with Crippen LogP contribution in [0, 0.1) is 0 Å². The van der Waals surface area contributed by atoms with Gasteiger partial charge in [0, 0.05) is 64.6 Å². The zero-order chi connectivity index (χ0) is 24.0. The number of benzene rings is 4. The maximum atomic E-state index is 6.02. The summed E-state index contributed by atoms with van der Waals surface area (Å²) in [5.74, 6) is 0. The van der Waals surface area contributed by atoms with E-state index in [0.29, 0.717) is 0 Å². The van der Waals surface area contributed by atoms with E-state index in [2.05, 4.69) is 45.1 Å². The molecule has 0 saturated heterocycles. The van der Waals surface area contributed by atoms with E-state index < -0.39 is 0 Å². The summed E-state index contributed by atoms with van der Waals surface area (Å²) in [5.41, 5.74) is 33.1. The molecule has 0 aromatic heterocycles. The van der Waals surface area contributed by atoms with Gasteiger partial charge in [-0.05, 0) is 53.6 Å². The molecule has 0 fully saturated rings. The quantitative estimate of drug-likeness (QED) is 0.202. The Kier molecular flexibility index (Phi) is 7.85. The molecule has 170 valence electrons. The van der Waals surface area contributed by atoms with E-state index in [1.54, 1.807) is 0 Å². The molecule has 4 rings (SSSR count). The Morgan fingerprint density at radius 2 is 1.09 bits per heavy atom. The van der Waals surface area contributed by atoms with Gasteiger partial charge in [0.1, 0.15) is 0 Å². The summed E-state index contributed by atoms with van der Waals surface area (Å²) in [6.07, 6.45) is 0. The monoisotopic (exact) mass is 503 g/mol. The molecule has 0 aliphatic heterocycles. The number of alkyl halides is 1. The summed E-state index contributed by atoms with van der Waals surface area (Å²) in [6, 6.07) is 27.4. The van der Waals surface area contributed by atoms with Crippen molar-refractivity contribution in [3.63, 3.8) is 0 Å². The third-order valence-electron chi connectivity index (χ3n) is 5.28. The van der Waals surface area contributed by atoms with E-state index in [0.717, 1.165) is 56.0 Å². The van der Waals surface area contributed by atoms with Crippen molar-refractivity contribution in [2.75, 3.05) is 41.9 Å². The van der Waals surface area contributed by atoms with E-state index in [-0.39, 0.29) is 0 Å². The van der Waals surface area contributed by atoms with Gasteiger partial charge in [-0.15, -0.1) is 0 Å². The zero-order valence-corrected chi connectivity index (χ0v) is 20.5. The fraction of sp³-hybridized carbons (Fsp3) is 0.111. The highest BCUT2D eigenvalue weighted by molar-refractivity contribution is 9.08. The fourth-order valence-electron chi connectivity index (χ4n) is 3.61. The SMILES string of the molecule is CN(C)c1ccccc1-c1cc(N)ccc1N.Nc1ccc(N)c(-c2ccccc2CBr)c1. The maximum absolute atomic E-state index is 6.02. The molecule has 0 saturated carbocycles. The van der Waals surface area contributed by atoms with Gasteiger partial charge in [-0.25, -0.2) is 0 Å². The van der Waals surface area contributed by atoms with E-state index in [1.807, 2.05) is 74.8 Å². The van der Waals surface area contributed by atoms with E-state index in [9.17, 15) is 0 Å². The molecule has 0 bridgehead atoms. The summed E-state index contributed by atoms with van der Waals surface area (Å²) < 4.78 is 0. The third-order valence-corrected chi connectivity index (χ3v) is 5.89. The number of halogens is 1. The molecule has 33 heavy (non-hydrogen) atoms. The predicted molar refractivity (Wildman–Crippen MR) is 148 cm³/mol. The van der Waals surface area contributed by atoms with Crippen molar-refractivity contribution in [1.82, 2.24) is 0 Å². The molecule has 0 spiro atoms. The van der Waals surface area contributed by atoms with Crippen molar-refractivity contribution in [2.24, 2.45) is 0 Å². The summed E-state index contributed by atoms with van der Waals surface area (Å²) >= 11 is 3.48. The molecular weight excluding hydrogens is 474 g/mol. The highest BCUT2D eigenvalue weighted by Crippen LogP contribution is 2.34. The molecule has 4 aromatic rings. The minimum atomic E-state index is 0.725. The predicted octanol–water partition coefficient (Wildman–Crippen LogP) is 6.00. The molecule has 0 unspecified atom stereocenters. The Morgan fingerprint density at radius 3 is 1.64 bits per heavy atom. The topological polar surface area (TPSA) is 107 Å². The highest BCUT2D eigenvalue weighted by atomic mass is 79.9. The van der Waals surface area contributed by atoms with Crippen LogP contribution < -0.4 is 27.8 Å². The molecule has 0 aliphatic rings. The van der Waals surface area contributed by atoms with Gasteiger partial charge in [-0.1, -0.05) is 58.4 Å². The summed E-state index contributed by atoms with van der Waals surface area (Å²) in [6.45, 7) is 0. The van der Waals surface area contributed by atoms with Gasteiger partial charge in [0.25, 0.3) is 0 Å². The van der Waals surface area contributed by atoms with Crippen LogP contribution in [0.1, 0.15) is 5.56 Å². The van der Waals surface area contributed by atoms with Crippen molar-refractivity contribution in [3.8, 4) is 22.3 Å². The average molecular weight is 504 g/mol. The van der Waals surface area contributed by atoms with Crippen LogP contribution in [0.15, 0.2) is 84.9 Å². The summed E-state index contributed by atoms with van der Waals surface area (Å²) in [7, 11) is 4.03. The first-order valence-electron chi connectivity index (χ1n) is 10.5. The van der Waals surface area contributed by atoms with Crippen LogP contribution in [0.5, 0.6) is 0 Å². The van der Waals surface area contributed by atoms with Crippen LogP contribution in [0.3, 0.4) is 0 Å². The van der Waals surface area contributed by atoms with Crippen molar-refractivity contribution >= 4 is 44.4 Å². The van der Waals surface area contributed by atoms with Crippen LogP contribution in [0.25, 0.3) is 22.3 Å². The Hall–Kier alpha value is -3.64. The van der Waals surface area contributed by atoms with Crippen molar-refractivity contribution in [2.45, 2.75) is 5.33 Å². The number of nitrogens with zero attached hydrogens (tertiary/aromatic N) is 1. The number of nitrogen functional groups attached to an aromatic ring is 4. The van der Waals surface area contributed by atoms with E-state index in [4.69, 9.17) is 22.9 Å². The molecular formula is C27H30BrN5. The Morgan fingerprint density at radius 1 is 0.606 bits per heavy atom. The standard InChI is InChI=1S/C14H17N3.C13H13BrN2/c1-17(2)14-6-4-3-5-11(14)12-9-10(15)7-8-13(12)16;14-8-9-3-1-2-4-11(9)12-7-10(15)5-6-13(12)16/h3-9H,15-16H2,1-2H3;1-7H,8,15-16H2. The number of para-hydroxylation sites is 1. The van der Waals surface area contributed by atoms with Gasteiger partial charge in [0.15, 0.2) is 0 Å². The summed E-state index contributed by atoms with van der Waals surface area (Å²) in [4.78, 5) is 2.07. The van der Waals surface area contributed by atoms with Crippen LogP contribution in [-0.2, 0) is 5.33 Å². The second kappa shape index (κ2) is 10.8. The van der Waals surface area contributed by atoms with Gasteiger partial charge in [-0.3, -0.25) is 0 Å². The average Bonchev–Trinajstić information content (AvgIpc) is 2.82. The van der Waals surface area contributed by atoms with Crippen LogP contribution in [0.2, 0.25) is 0 Å². The number of hydrogen-bond acceptors (Lipinski definition) is 5. The Balaban J connectivity index is 0.000000186. The number of hydrogen-bond donors (Lipinski definition) is 4. The first-order valence-corrected chi connectivity index (χ1v) is 11.6. The second-order valence-corrected chi connectivity index (χ2v) is 8.46. The lowest BCUT2D eigenvalue weighted by atomic mass is 9.99.